The van der Waals surface area contributed by atoms with Crippen LogP contribution in [0, 0.1) is 0 Å². The van der Waals surface area contributed by atoms with Crippen molar-refractivity contribution >= 4 is 23.5 Å². The van der Waals surface area contributed by atoms with Crippen molar-refractivity contribution in [3.63, 3.8) is 0 Å². The van der Waals surface area contributed by atoms with Gasteiger partial charge in [-0.3, -0.25) is 0 Å². The Morgan fingerprint density at radius 3 is 2.06 bits per heavy atom. The first-order valence-corrected chi connectivity index (χ1v) is 5.13. The van der Waals surface area contributed by atoms with E-state index in [0.29, 0.717) is 0 Å². The van der Waals surface area contributed by atoms with Crippen LogP contribution in [0.25, 0.3) is 12.2 Å². The molecule has 2 aromatic carbocycles. The number of hydrogen-bond donors (Lipinski definition) is 2. The van der Waals surface area contributed by atoms with Gasteiger partial charge in [0.2, 0.25) is 0 Å². The molecular weight excluding hydrogens is 196 g/mol. The summed E-state index contributed by atoms with van der Waals surface area (Å²) < 4.78 is 0. The Morgan fingerprint density at radius 2 is 1.38 bits per heavy atom. The van der Waals surface area contributed by atoms with Crippen LogP contribution in [0.3, 0.4) is 0 Å². The molecule has 4 N–H and O–H groups in total. The van der Waals surface area contributed by atoms with Crippen molar-refractivity contribution in [2.75, 3.05) is 11.5 Å². The molecular formula is C14H14N2. The maximum atomic E-state index is 5.70. The zero-order valence-corrected chi connectivity index (χ0v) is 8.93. The summed E-state index contributed by atoms with van der Waals surface area (Å²) in [5, 5.41) is 0. The average molecular weight is 210 g/mol. The molecule has 2 heteroatoms. The number of hydrogen-bond acceptors (Lipinski definition) is 2. The van der Waals surface area contributed by atoms with Gasteiger partial charge in [0.15, 0.2) is 0 Å². The largest absolute Gasteiger partial charge is 0.399 e. The molecule has 0 bridgehead atoms. The number of rotatable bonds is 2. The van der Waals surface area contributed by atoms with E-state index >= 15 is 0 Å². The molecule has 0 saturated heterocycles. The second-order valence-electron chi connectivity index (χ2n) is 3.67. The normalized spacial score (nSPS) is 10.8. The lowest BCUT2D eigenvalue weighted by molar-refractivity contribution is 1.63. The molecule has 0 aliphatic rings. The van der Waals surface area contributed by atoms with Crippen molar-refractivity contribution in [3.8, 4) is 0 Å². The molecule has 0 saturated carbocycles. The molecule has 0 aliphatic heterocycles. The van der Waals surface area contributed by atoms with Crippen LogP contribution in [-0.4, -0.2) is 0 Å². The van der Waals surface area contributed by atoms with Gasteiger partial charge in [-0.15, -0.1) is 0 Å². The Hall–Kier alpha value is -2.22. The van der Waals surface area contributed by atoms with E-state index in [1.165, 1.54) is 0 Å². The molecule has 16 heavy (non-hydrogen) atoms. The first-order chi connectivity index (χ1) is 7.74. The van der Waals surface area contributed by atoms with E-state index in [1.54, 1.807) is 0 Å². The topological polar surface area (TPSA) is 52.0 Å². The van der Waals surface area contributed by atoms with Crippen molar-refractivity contribution in [2.24, 2.45) is 0 Å². The average Bonchev–Trinajstić information content (AvgIpc) is 2.28. The molecule has 2 aromatic rings. The van der Waals surface area contributed by atoms with Crippen LogP contribution in [0.2, 0.25) is 0 Å². The minimum Gasteiger partial charge on any atom is -0.399 e. The fourth-order valence-electron chi connectivity index (χ4n) is 1.46. The summed E-state index contributed by atoms with van der Waals surface area (Å²) in [4.78, 5) is 0. The van der Waals surface area contributed by atoms with E-state index in [1.807, 2.05) is 60.7 Å². The highest BCUT2D eigenvalue weighted by Crippen LogP contribution is 2.12. The lowest BCUT2D eigenvalue weighted by Gasteiger charge is -1.97. The van der Waals surface area contributed by atoms with E-state index in [2.05, 4.69) is 0 Å². The van der Waals surface area contributed by atoms with Gasteiger partial charge < -0.3 is 11.5 Å². The Bertz CT molecular complexity index is 498. The van der Waals surface area contributed by atoms with Crippen molar-refractivity contribution in [3.05, 3.63) is 59.7 Å². The molecule has 0 amide bonds. The summed E-state index contributed by atoms with van der Waals surface area (Å²) in [7, 11) is 0. The number of nitrogen functional groups attached to an aromatic ring is 2. The molecule has 0 atom stereocenters. The van der Waals surface area contributed by atoms with Crippen LogP contribution < -0.4 is 11.5 Å². The van der Waals surface area contributed by atoms with Crippen LogP contribution in [0.1, 0.15) is 11.1 Å². The molecule has 2 nitrogen and oxygen atoms in total. The first-order valence-electron chi connectivity index (χ1n) is 5.13. The summed E-state index contributed by atoms with van der Waals surface area (Å²) in [6.45, 7) is 0. The highest BCUT2D eigenvalue weighted by molar-refractivity contribution is 5.71. The SMILES string of the molecule is Nc1ccc(C=Cc2cccc(N)c2)cc1. The third-order valence-electron chi connectivity index (χ3n) is 2.32. The van der Waals surface area contributed by atoms with E-state index in [9.17, 15) is 0 Å². The summed E-state index contributed by atoms with van der Waals surface area (Å²) >= 11 is 0. The maximum absolute atomic E-state index is 5.70. The summed E-state index contributed by atoms with van der Waals surface area (Å²) in [5.41, 5.74) is 15.1. The molecule has 0 unspecified atom stereocenters. The standard InChI is InChI=1S/C14H14N2/c15-13-8-6-11(7-9-13)4-5-12-2-1-3-14(16)10-12/h1-10H,15-16H2. The zero-order chi connectivity index (χ0) is 11.4. The molecule has 2 rings (SSSR count). The molecule has 0 spiro atoms. The predicted octanol–water partition coefficient (Wildman–Crippen LogP) is 3.02. The molecule has 0 heterocycles. The van der Waals surface area contributed by atoms with Crippen molar-refractivity contribution in [2.45, 2.75) is 0 Å². The van der Waals surface area contributed by atoms with Crippen LogP contribution in [0.15, 0.2) is 48.5 Å². The van der Waals surface area contributed by atoms with Crippen LogP contribution >= 0.6 is 0 Å². The highest BCUT2D eigenvalue weighted by atomic mass is 14.5. The summed E-state index contributed by atoms with van der Waals surface area (Å²) in [5.74, 6) is 0. The Morgan fingerprint density at radius 1 is 0.688 bits per heavy atom. The van der Waals surface area contributed by atoms with Gasteiger partial charge in [0.05, 0.1) is 0 Å². The molecule has 0 aromatic heterocycles. The fourth-order valence-corrected chi connectivity index (χ4v) is 1.46. The maximum Gasteiger partial charge on any atom is 0.0319 e. The van der Waals surface area contributed by atoms with Gasteiger partial charge in [-0.05, 0) is 35.4 Å². The van der Waals surface area contributed by atoms with Gasteiger partial charge in [-0.25, -0.2) is 0 Å². The summed E-state index contributed by atoms with van der Waals surface area (Å²) in [6, 6.07) is 15.5. The molecule has 0 radical (unpaired) electrons. The molecule has 0 aliphatic carbocycles. The van der Waals surface area contributed by atoms with Gasteiger partial charge in [-0.2, -0.15) is 0 Å². The first kappa shape index (κ1) is 10.3. The zero-order valence-electron chi connectivity index (χ0n) is 8.93. The quantitative estimate of drug-likeness (QED) is 0.591. The van der Waals surface area contributed by atoms with Gasteiger partial charge in [-0.1, -0.05) is 36.4 Å². The Kier molecular flexibility index (Phi) is 2.92. The lowest BCUT2D eigenvalue weighted by atomic mass is 10.1. The van der Waals surface area contributed by atoms with E-state index < -0.39 is 0 Å². The van der Waals surface area contributed by atoms with Gasteiger partial charge in [0, 0.05) is 11.4 Å². The number of anilines is 2. The monoisotopic (exact) mass is 210 g/mol. The number of nitrogens with two attached hydrogens (primary N) is 2. The second-order valence-corrected chi connectivity index (χ2v) is 3.67. The van der Waals surface area contributed by atoms with E-state index in [-0.39, 0.29) is 0 Å². The highest BCUT2D eigenvalue weighted by Gasteiger charge is 1.89. The molecule has 80 valence electrons. The fraction of sp³-hybridized carbons (Fsp3) is 0. The van der Waals surface area contributed by atoms with Crippen molar-refractivity contribution in [1.82, 2.24) is 0 Å². The Balaban J connectivity index is 2.18. The third kappa shape index (κ3) is 2.64. The van der Waals surface area contributed by atoms with Gasteiger partial charge in [0.1, 0.15) is 0 Å². The lowest BCUT2D eigenvalue weighted by Crippen LogP contribution is -1.84. The molecule has 0 fully saturated rings. The minimum absolute atomic E-state index is 0.777. The summed E-state index contributed by atoms with van der Waals surface area (Å²) in [6.07, 6.45) is 4.07. The van der Waals surface area contributed by atoms with Gasteiger partial charge >= 0.3 is 0 Å². The van der Waals surface area contributed by atoms with Crippen LogP contribution in [0.5, 0.6) is 0 Å². The second kappa shape index (κ2) is 4.53. The third-order valence-corrected chi connectivity index (χ3v) is 2.32. The van der Waals surface area contributed by atoms with Crippen molar-refractivity contribution < 1.29 is 0 Å². The van der Waals surface area contributed by atoms with E-state index in [4.69, 9.17) is 11.5 Å². The number of benzene rings is 2. The van der Waals surface area contributed by atoms with E-state index in [0.717, 1.165) is 22.5 Å². The predicted molar refractivity (Wildman–Crippen MR) is 70.6 cm³/mol. The van der Waals surface area contributed by atoms with Crippen molar-refractivity contribution in [1.29, 1.82) is 0 Å². The van der Waals surface area contributed by atoms with Crippen LogP contribution in [-0.2, 0) is 0 Å². The Labute approximate surface area is 95.2 Å². The smallest absolute Gasteiger partial charge is 0.0319 e. The minimum atomic E-state index is 0.777. The van der Waals surface area contributed by atoms with Gasteiger partial charge in [0.25, 0.3) is 0 Å². The van der Waals surface area contributed by atoms with Crippen LogP contribution in [0.4, 0.5) is 11.4 Å².